The van der Waals surface area contributed by atoms with Gasteiger partial charge >= 0.3 is 0 Å². The molecule has 4 aromatic rings. The Morgan fingerprint density at radius 3 is 2.56 bits per heavy atom. The van der Waals surface area contributed by atoms with Gasteiger partial charge in [-0.15, -0.1) is 0 Å². The van der Waals surface area contributed by atoms with Gasteiger partial charge in [0, 0.05) is 23.4 Å². The van der Waals surface area contributed by atoms with Crippen molar-refractivity contribution < 1.29 is 4.74 Å². The van der Waals surface area contributed by atoms with Crippen LogP contribution < -0.4 is 4.74 Å². The van der Waals surface area contributed by atoms with Gasteiger partial charge in [-0.1, -0.05) is 41.9 Å². The van der Waals surface area contributed by atoms with E-state index in [9.17, 15) is 0 Å². The first-order chi connectivity index (χ1) is 12.3. The van der Waals surface area contributed by atoms with Crippen LogP contribution in [0.5, 0.6) is 5.75 Å². The summed E-state index contributed by atoms with van der Waals surface area (Å²) in [6.07, 6.45) is 3.27. The topological polar surface area (TPSA) is 60.8 Å². The van der Waals surface area contributed by atoms with Gasteiger partial charge in [0.2, 0.25) is 0 Å². The Labute approximate surface area is 149 Å². The first kappa shape index (κ1) is 15.5. The van der Waals surface area contributed by atoms with Crippen LogP contribution in [0.1, 0.15) is 0 Å². The molecule has 0 saturated carbocycles. The molecule has 0 aliphatic heterocycles. The Bertz CT molecular complexity index is 1050. The van der Waals surface area contributed by atoms with E-state index >= 15 is 0 Å². The summed E-state index contributed by atoms with van der Waals surface area (Å²) < 4.78 is 5.22. The first-order valence-electron chi connectivity index (χ1n) is 7.64. The lowest BCUT2D eigenvalue weighted by Gasteiger charge is -2.11. The number of pyridine rings is 2. The fourth-order valence-electron chi connectivity index (χ4n) is 2.71. The Morgan fingerprint density at radius 2 is 1.76 bits per heavy atom. The maximum atomic E-state index is 6.21. The van der Waals surface area contributed by atoms with Crippen LogP contribution in [-0.2, 0) is 0 Å². The molecule has 0 spiro atoms. The zero-order valence-corrected chi connectivity index (χ0v) is 14.1. The predicted octanol–water partition coefficient (Wildman–Crippen LogP) is 4.42. The minimum atomic E-state index is 0.274. The molecule has 0 aliphatic carbocycles. The van der Waals surface area contributed by atoms with Crippen molar-refractivity contribution in [1.29, 1.82) is 0 Å². The molecule has 25 heavy (non-hydrogen) atoms. The molecule has 4 rings (SSSR count). The van der Waals surface area contributed by atoms with Gasteiger partial charge in [0.05, 0.1) is 18.3 Å². The van der Waals surface area contributed by atoms with E-state index in [2.05, 4.69) is 19.9 Å². The van der Waals surface area contributed by atoms with E-state index in [1.54, 1.807) is 19.4 Å². The van der Waals surface area contributed by atoms with Gasteiger partial charge in [0.1, 0.15) is 17.5 Å². The van der Waals surface area contributed by atoms with Gasteiger partial charge in [-0.25, -0.2) is 15.0 Å². The van der Waals surface area contributed by atoms with E-state index in [1.807, 2.05) is 42.5 Å². The molecule has 0 atom stereocenters. The van der Waals surface area contributed by atoms with Crippen LogP contribution >= 0.6 is 11.6 Å². The van der Waals surface area contributed by atoms with Crippen LogP contribution in [0.15, 0.2) is 61.1 Å². The molecule has 0 bridgehead atoms. The van der Waals surface area contributed by atoms with Crippen LogP contribution in [0.25, 0.3) is 33.5 Å². The smallest absolute Gasteiger partial charge is 0.171 e. The third-order valence-electron chi connectivity index (χ3n) is 3.86. The fraction of sp³-hybridized carbons (Fsp3) is 0.0526. The maximum absolute atomic E-state index is 6.21. The molecule has 6 heteroatoms. The van der Waals surface area contributed by atoms with E-state index in [4.69, 9.17) is 16.3 Å². The van der Waals surface area contributed by atoms with E-state index in [-0.39, 0.29) is 5.15 Å². The maximum Gasteiger partial charge on any atom is 0.171 e. The molecule has 5 nitrogen and oxygen atoms in total. The number of aromatic nitrogens is 4. The Balaban J connectivity index is 1.99. The highest BCUT2D eigenvalue weighted by Gasteiger charge is 2.16. The molecule has 0 radical (unpaired) electrons. The summed E-state index contributed by atoms with van der Waals surface area (Å²) in [6.45, 7) is 0. The van der Waals surface area contributed by atoms with Crippen LogP contribution in [-0.4, -0.2) is 27.0 Å². The Morgan fingerprint density at radius 1 is 0.920 bits per heavy atom. The lowest BCUT2D eigenvalue weighted by Crippen LogP contribution is -1.97. The van der Waals surface area contributed by atoms with Gasteiger partial charge < -0.3 is 4.74 Å². The molecule has 122 valence electrons. The second-order valence-corrected chi connectivity index (χ2v) is 5.70. The molecule has 3 aromatic heterocycles. The summed E-state index contributed by atoms with van der Waals surface area (Å²) in [5.41, 5.74) is 4.66. The molecule has 0 saturated heterocycles. The zero-order chi connectivity index (χ0) is 17.2. The molecule has 0 aliphatic rings. The largest absolute Gasteiger partial charge is 0.493 e. The monoisotopic (exact) mass is 348 g/mol. The second-order valence-electron chi connectivity index (χ2n) is 5.34. The van der Waals surface area contributed by atoms with Gasteiger partial charge in [-0.05, 0) is 12.1 Å². The molecule has 0 unspecified atom stereocenters. The van der Waals surface area contributed by atoms with Crippen molar-refractivity contribution in [3.05, 3.63) is 66.2 Å². The first-order valence-corrected chi connectivity index (χ1v) is 8.02. The molecule has 0 amide bonds. The number of fused-ring (bicyclic) bond motifs is 1. The van der Waals surface area contributed by atoms with Crippen LogP contribution in [0, 0.1) is 0 Å². The van der Waals surface area contributed by atoms with Gasteiger partial charge in [-0.3, -0.25) is 4.98 Å². The third-order valence-corrected chi connectivity index (χ3v) is 4.13. The highest BCUT2D eigenvalue weighted by Crippen LogP contribution is 2.34. The van der Waals surface area contributed by atoms with Gasteiger partial charge in [-0.2, -0.15) is 0 Å². The lowest BCUT2D eigenvalue weighted by molar-refractivity contribution is 0.414. The second kappa shape index (κ2) is 6.45. The lowest BCUT2D eigenvalue weighted by atomic mass is 10.0. The Kier molecular flexibility index (Phi) is 3.99. The average Bonchev–Trinajstić information content (AvgIpc) is 2.68. The van der Waals surface area contributed by atoms with E-state index in [0.29, 0.717) is 22.5 Å². The number of methoxy groups -OCH3 is 1. The highest BCUT2D eigenvalue weighted by molar-refractivity contribution is 6.31. The SMILES string of the molecule is COc1cc2ncnc(-c3cccnc3-c3ccccc3)c2nc1Cl. The van der Waals surface area contributed by atoms with Crippen LogP contribution in [0.2, 0.25) is 5.15 Å². The third kappa shape index (κ3) is 2.79. The van der Waals surface area contributed by atoms with Gasteiger partial charge in [0.25, 0.3) is 0 Å². The van der Waals surface area contributed by atoms with Crippen molar-refractivity contribution >= 4 is 22.6 Å². The molecule has 0 fully saturated rings. The predicted molar refractivity (Wildman–Crippen MR) is 97.6 cm³/mol. The molecule has 1 aromatic carbocycles. The highest BCUT2D eigenvalue weighted by atomic mass is 35.5. The van der Waals surface area contributed by atoms with Crippen molar-refractivity contribution in [2.24, 2.45) is 0 Å². The summed E-state index contributed by atoms with van der Waals surface area (Å²) in [6, 6.07) is 15.6. The van der Waals surface area contributed by atoms with Crippen molar-refractivity contribution in [3.63, 3.8) is 0 Å². The van der Waals surface area contributed by atoms with Gasteiger partial charge in [0.15, 0.2) is 10.9 Å². The standard InChI is InChI=1S/C19H13ClN4O/c1-25-15-10-14-18(24-19(15)20)17(23-11-22-14)13-8-5-9-21-16(13)12-6-3-2-4-7-12/h2-11H,1H3. The molecule has 0 N–H and O–H groups in total. The zero-order valence-electron chi connectivity index (χ0n) is 13.3. The fourth-order valence-corrected chi connectivity index (χ4v) is 2.92. The minimum absolute atomic E-state index is 0.274. The normalized spacial score (nSPS) is 10.8. The van der Waals surface area contributed by atoms with Crippen molar-refractivity contribution in [3.8, 4) is 28.3 Å². The van der Waals surface area contributed by atoms with E-state index in [0.717, 1.165) is 16.8 Å². The summed E-state index contributed by atoms with van der Waals surface area (Å²) in [5.74, 6) is 0.480. The molecule has 3 heterocycles. The van der Waals surface area contributed by atoms with E-state index < -0.39 is 0 Å². The summed E-state index contributed by atoms with van der Waals surface area (Å²) in [7, 11) is 1.55. The number of nitrogens with zero attached hydrogens (tertiary/aromatic N) is 4. The molecular weight excluding hydrogens is 336 g/mol. The number of benzene rings is 1. The number of hydrogen-bond acceptors (Lipinski definition) is 5. The Hall–Kier alpha value is -3.05. The average molecular weight is 349 g/mol. The minimum Gasteiger partial charge on any atom is -0.493 e. The number of ether oxygens (including phenoxy) is 1. The summed E-state index contributed by atoms with van der Waals surface area (Å²) in [4.78, 5) is 17.7. The quantitative estimate of drug-likeness (QED) is 0.513. The van der Waals surface area contributed by atoms with Crippen LogP contribution in [0.4, 0.5) is 0 Å². The summed E-state index contributed by atoms with van der Waals surface area (Å²) in [5, 5.41) is 0.274. The number of rotatable bonds is 3. The van der Waals surface area contributed by atoms with Crippen molar-refractivity contribution in [2.75, 3.05) is 7.11 Å². The van der Waals surface area contributed by atoms with Crippen molar-refractivity contribution in [1.82, 2.24) is 19.9 Å². The van der Waals surface area contributed by atoms with E-state index in [1.165, 1.54) is 6.33 Å². The molecular formula is C19H13ClN4O. The number of halogens is 1. The summed E-state index contributed by atoms with van der Waals surface area (Å²) >= 11 is 6.21. The van der Waals surface area contributed by atoms with Crippen LogP contribution in [0.3, 0.4) is 0 Å². The number of hydrogen-bond donors (Lipinski definition) is 0. The van der Waals surface area contributed by atoms with Crippen molar-refractivity contribution in [2.45, 2.75) is 0 Å².